The van der Waals surface area contributed by atoms with Crippen LogP contribution in [0.4, 0.5) is 0 Å². The minimum absolute atomic E-state index is 0.141. The van der Waals surface area contributed by atoms with Gasteiger partial charge in [0.2, 0.25) is 0 Å². The molecule has 0 aliphatic carbocycles. The van der Waals surface area contributed by atoms with Gasteiger partial charge in [0.05, 0.1) is 13.7 Å². The second kappa shape index (κ2) is 5.34. The lowest BCUT2D eigenvalue weighted by Crippen LogP contribution is -2.37. The molecule has 0 atom stereocenters. The lowest BCUT2D eigenvalue weighted by Gasteiger charge is -2.20. The highest BCUT2D eigenvalue weighted by molar-refractivity contribution is 6.88. The molecule has 1 aromatic carbocycles. The zero-order valence-corrected chi connectivity index (χ0v) is 12.9. The van der Waals surface area contributed by atoms with Crippen molar-refractivity contribution >= 4 is 13.3 Å². The molecule has 0 amide bonds. The molecule has 2 nitrogen and oxygen atoms in total. The van der Waals surface area contributed by atoms with Gasteiger partial charge in [0.25, 0.3) is 0 Å². The summed E-state index contributed by atoms with van der Waals surface area (Å²) in [5, 5.41) is 1.50. The van der Waals surface area contributed by atoms with Crippen molar-refractivity contribution in [2.75, 3.05) is 0 Å². The summed E-state index contributed by atoms with van der Waals surface area (Å²) < 4.78 is 0. The average Bonchev–Trinajstić information content (AvgIpc) is 2.15. The van der Waals surface area contributed by atoms with Crippen LogP contribution in [0, 0.1) is 0 Å². The largest absolute Gasteiger partial charge is 0.296 e. The first-order valence-corrected chi connectivity index (χ1v) is 9.69. The normalized spacial score (nSPS) is 12.8. The summed E-state index contributed by atoms with van der Waals surface area (Å²) >= 11 is 0. The van der Waals surface area contributed by atoms with E-state index in [9.17, 15) is 0 Å². The molecular weight excluding hydrogens is 226 g/mol. The molecule has 0 unspecified atom stereocenters. The summed E-state index contributed by atoms with van der Waals surface area (Å²) in [6.07, 6.45) is 0. The molecule has 3 heteroatoms. The number of nitrogens with one attached hydrogen (secondary N) is 1. The van der Waals surface area contributed by atoms with E-state index in [-0.39, 0.29) is 5.60 Å². The van der Waals surface area contributed by atoms with Gasteiger partial charge in [-0.1, -0.05) is 49.1 Å². The van der Waals surface area contributed by atoms with E-state index >= 15 is 0 Å². The van der Waals surface area contributed by atoms with Crippen molar-refractivity contribution in [3.8, 4) is 0 Å². The van der Waals surface area contributed by atoms with E-state index in [0.29, 0.717) is 0 Å². The van der Waals surface area contributed by atoms with Crippen LogP contribution in [0.5, 0.6) is 0 Å². The van der Waals surface area contributed by atoms with Gasteiger partial charge in [-0.05, 0) is 26.3 Å². The highest BCUT2D eigenvalue weighted by atomic mass is 28.3. The molecule has 96 valence electrons. The van der Waals surface area contributed by atoms with E-state index in [1.807, 2.05) is 20.8 Å². The molecule has 1 aromatic rings. The SMILES string of the molecule is CC(C)(C)ONCc1ccc([Si](C)(C)C)cc1. The van der Waals surface area contributed by atoms with Crippen molar-refractivity contribution in [3.05, 3.63) is 29.8 Å². The highest BCUT2D eigenvalue weighted by Crippen LogP contribution is 2.07. The van der Waals surface area contributed by atoms with Crippen molar-refractivity contribution in [3.63, 3.8) is 0 Å². The Hall–Kier alpha value is -0.643. The molecule has 0 radical (unpaired) electrons. The van der Waals surface area contributed by atoms with Crippen molar-refractivity contribution in [1.82, 2.24) is 5.48 Å². The minimum atomic E-state index is -1.17. The smallest absolute Gasteiger partial charge is 0.0813 e. The first-order valence-electron chi connectivity index (χ1n) is 6.19. The van der Waals surface area contributed by atoms with Gasteiger partial charge in [-0.15, -0.1) is 0 Å². The molecule has 0 fully saturated rings. The van der Waals surface area contributed by atoms with Gasteiger partial charge >= 0.3 is 0 Å². The predicted octanol–water partition coefficient (Wildman–Crippen LogP) is 3.05. The fourth-order valence-electron chi connectivity index (χ4n) is 1.46. The van der Waals surface area contributed by atoms with E-state index in [2.05, 4.69) is 49.4 Å². The number of hydroxylamine groups is 1. The third-order valence-corrected chi connectivity index (χ3v) is 4.54. The Labute approximate surface area is 106 Å². The van der Waals surface area contributed by atoms with Gasteiger partial charge in [0.1, 0.15) is 0 Å². The molecule has 1 rings (SSSR count). The van der Waals surface area contributed by atoms with Gasteiger partial charge in [-0.25, -0.2) is 0 Å². The molecule has 0 saturated carbocycles. The monoisotopic (exact) mass is 251 g/mol. The van der Waals surface area contributed by atoms with Crippen molar-refractivity contribution in [2.45, 2.75) is 52.6 Å². The van der Waals surface area contributed by atoms with Gasteiger partial charge in [0.15, 0.2) is 0 Å². The predicted molar refractivity (Wildman–Crippen MR) is 77.1 cm³/mol. The van der Waals surface area contributed by atoms with Crippen LogP contribution in [0.15, 0.2) is 24.3 Å². The first-order chi connectivity index (χ1) is 7.68. The fraction of sp³-hybridized carbons (Fsp3) is 0.571. The number of rotatable bonds is 4. The number of hydrogen-bond donors (Lipinski definition) is 1. The first kappa shape index (κ1) is 14.4. The molecule has 17 heavy (non-hydrogen) atoms. The summed E-state index contributed by atoms with van der Waals surface area (Å²) in [5.41, 5.74) is 4.13. The van der Waals surface area contributed by atoms with Crippen molar-refractivity contribution in [2.24, 2.45) is 0 Å². The van der Waals surface area contributed by atoms with Gasteiger partial charge in [-0.2, -0.15) is 5.48 Å². The molecule has 0 saturated heterocycles. The van der Waals surface area contributed by atoms with Crippen LogP contribution in [0.25, 0.3) is 0 Å². The van der Waals surface area contributed by atoms with Crippen LogP contribution in [0.2, 0.25) is 19.6 Å². The van der Waals surface area contributed by atoms with Gasteiger partial charge in [0, 0.05) is 6.54 Å². The fourth-order valence-corrected chi connectivity index (χ4v) is 2.63. The third-order valence-electron chi connectivity index (χ3n) is 2.47. The summed E-state index contributed by atoms with van der Waals surface area (Å²) in [5.74, 6) is 0. The topological polar surface area (TPSA) is 21.3 Å². The van der Waals surface area contributed by atoms with E-state index in [4.69, 9.17) is 4.84 Å². The molecule has 0 aliphatic rings. The lowest BCUT2D eigenvalue weighted by atomic mass is 10.2. The number of hydrogen-bond acceptors (Lipinski definition) is 2. The second-order valence-corrected chi connectivity index (χ2v) is 11.6. The maximum absolute atomic E-state index is 5.49. The minimum Gasteiger partial charge on any atom is -0.296 e. The summed E-state index contributed by atoms with van der Waals surface area (Å²) in [6.45, 7) is 14.0. The van der Waals surface area contributed by atoms with E-state index in [1.54, 1.807) is 0 Å². The van der Waals surface area contributed by atoms with E-state index in [1.165, 1.54) is 10.8 Å². The average molecular weight is 251 g/mol. The zero-order valence-electron chi connectivity index (χ0n) is 11.9. The van der Waals surface area contributed by atoms with Crippen molar-refractivity contribution < 1.29 is 4.84 Å². The second-order valence-electron chi connectivity index (χ2n) is 6.48. The van der Waals surface area contributed by atoms with Gasteiger partial charge in [-0.3, -0.25) is 4.84 Å². The highest BCUT2D eigenvalue weighted by Gasteiger charge is 2.15. The molecular formula is C14H25NOSi. The molecule has 1 N–H and O–H groups in total. The van der Waals surface area contributed by atoms with Crippen LogP contribution in [0.3, 0.4) is 0 Å². The Morgan fingerprint density at radius 2 is 1.59 bits per heavy atom. The van der Waals surface area contributed by atoms with Crippen LogP contribution in [0.1, 0.15) is 26.3 Å². The molecule has 0 aliphatic heterocycles. The van der Waals surface area contributed by atoms with Crippen molar-refractivity contribution in [1.29, 1.82) is 0 Å². The zero-order chi connectivity index (χ0) is 13.1. The molecule has 0 bridgehead atoms. The summed E-state index contributed by atoms with van der Waals surface area (Å²) in [6, 6.07) is 8.87. The molecule has 0 spiro atoms. The van der Waals surface area contributed by atoms with Gasteiger partial charge < -0.3 is 0 Å². The summed E-state index contributed by atoms with van der Waals surface area (Å²) in [7, 11) is -1.17. The Morgan fingerprint density at radius 3 is 2.00 bits per heavy atom. The van der Waals surface area contributed by atoms with E-state index < -0.39 is 8.07 Å². The Morgan fingerprint density at radius 1 is 1.06 bits per heavy atom. The quantitative estimate of drug-likeness (QED) is 0.656. The maximum atomic E-state index is 5.49. The maximum Gasteiger partial charge on any atom is 0.0813 e. The lowest BCUT2D eigenvalue weighted by molar-refractivity contribution is -0.0757. The van der Waals surface area contributed by atoms with E-state index in [0.717, 1.165) is 6.54 Å². The molecule has 0 heterocycles. The third kappa shape index (κ3) is 5.48. The van der Waals surface area contributed by atoms with Crippen LogP contribution in [-0.4, -0.2) is 13.7 Å². The Kier molecular flexibility index (Phi) is 4.53. The standard InChI is InChI=1S/C14H25NOSi/c1-14(2,3)16-15-11-12-7-9-13(10-8-12)17(4,5)6/h7-10,15H,11H2,1-6H3. The van der Waals surface area contributed by atoms with Crippen LogP contribution < -0.4 is 10.7 Å². The summed E-state index contributed by atoms with van der Waals surface area (Å²) in [4.78, 5) is 5.49. The Bertz CT molecular complexity index is 346. The Balaban J connectivity index is 2.52. The number of benzene rings is 1. The van der Waals surface area contributed by atoms with Crippen LogP contribution >= 0.6 is 0 Å². The van der Waals surface area contributed by atoms with Crippen LogP contribution in [-0.2, 0) is 11.4 Å². The molecule has 0 aromatic heterocycles.